The molecule has 2 aromatic rings. The number of aliphatic hydroxyl groups is 1. The first-order valence-electron chi connectivity index (χ1n) is 11.3. The summed E-state index contributed by atoms with van der Waals surface area (Å²) in [5.41, 5.74) is 0. The minimum absolute atomic E-state index is 0.0343. The van der Waals surface area contributed by atoms with E-state index in [9.17, 15) is 9.90 Å². The second kappa shape index (κ2) is 13.0. The van der Waals surface area contributed by atoms with E-state index in [1.54, 1.807) is 48.5 Å². The molecule has 0 bridgehead atoms. The number of hydrogen-bond acceptors (Lipinski definition) is 5. The van der Waals surface area contributed by atoms with Gasteiger partial charge in [-0.2, -0.15) is 0 Å². The number of hydrogen-bond donors (Lipinski definition) is 3. The Labute approximate surface area is 205 Å². The third-order valence-corrected chi connectivity index (χ3v) is 6.33. The molecule has 0 spiro atoms. The maximum Gasteiger partial charge on any atom is 0.258 e. The van der Waals surface area contributed by atoms with Gasteiger partial charge in [0.1, 0.15) is 24.2 Å². The summed E-state index contributed by atoms with van der Waals surface area (Å²) in [7, 11) is 0. The van der Waals surface area contributed by atoms with Crippen molar-refractivity contribution in [3.8, 4) is 11.5 Å². The Bertz CT molecular complexity index is 864. The van der Waals surface area contributed by atoms with Gasteiger partial charge in [-0.15, -0.1) is 0 Å². The Balaban J connectivity index is 1.39. The van der Waals surface area contributed by atoms with Gasteiger partial charge < -0.3 is 25.2 Å². The van der Waals surface area contributed by atoms with Crippen LogP contribution in [0.4, 0.5) is 0 Å². The molecule has 3 rings (SSSR count). The molecule has 3 unspecified atom stereocenters. The van der Waals surface area contributed by atoms with E-state index in [4.69, 9.17) is 32.7 Å². The van der Waals surface area contributed by atoms with Crippen LogP contribution in [0.25, 0.3) is 0 Å². The van der Waals surface area contributed by atoms with Crippen LogP contribution < -0.4 is 20.1 Å². The topological polar surface area (TPSA) is 79.8 Å². The molecule has 180 valence electrons. The molecule has 8 heteroatoms. The summed E-state index contributed by atoms with van der Waals surface area (Å²) in [5, 5.41) is 18.0. The maximum absolute atomic E-state index is 12.5. The Morgan fingerprint density at radius 3 is 2.27 bits per heavy atom. The van der Waals surface area contributed by atoms with Crippen molar-refractivity contribution in [2.75, 3.05) is 26.3 Å². The monoisotopic (exact) mass is 494 g/mol. The maximum atomic E-state index is 12.5. The van der Waals surface area contributed by atoms with Crippen molar-refractivity contribution in [2.24, 2.45) is 11.8 Å². The quantitative estimate of drug-likeness (QED) is 0.433. The summed E-state index contributed by atoms with van der Waals surface area (Å²) in [6.07, 6.45) is 2.45. The van der Waals surface area contributed by atoms with E-state index in [1.807, 2.05) is 0 Å². The van der Waals surface area contributed by atoms with Gasteiger partial charge in [0.05, 0.1) is 0 Å². The van der Waals surface area contributed by atoms with Crippen molar-refractivity contribution < 1.29 is 19.4 Å². The van der Waals surface area contributed by atoms with E-state index >= 15 is 0 Å². The molecule has 1 aliphatic carbocycles. The molecule has 2 aromatic carbocycles. The highest BCUT2D eigenvalue weighted by molar-refractivity contribution is 6.30. The molecule has 3 N–H and O–H groups in total. The molecule has 1 saturated carbocycles. The van der Waals surface area contributed by atoms with Crippen molar-refractivity contribution in [2.45, 2.75) is 38.3 Å². The summed E-state index contributed by atoms with van der Waals surface area (Å²) in [5.74, 6) is 2.00. The normalized spacial score (nSPS) is 21.3. The van der Waals surface area contributed by atoms with Crippen LogP contribution in [-0.2, 0) is 4.79 Å². The minimum Gasteiger partial charge on any atom is -0.491 e. The van der Waals surface area contributed by atoms with Crippen molar-refractivity contribution in [3.05, 3.63) is 58.6 Å². The summed E-state index contributed by atoms with van der Waals surface area (Å²) >= 11 is 11.7. The van der Waals surface area contributed by atoms with Gasteiger partial charge in [0.15, 0.2) is 6.61 Å². The fourth-order valence-electron chi connectivity index (χ4n) is 4.01. The molecule has 1 aliphatic rings. The Kier molecular flexibility index (Phi) is 10.1. The van der Waals surface area contributed by atoms with Crippen molar-refractivity contribution in [1.29, 1.82) is 0 Å². The SMILES string of the molecule is CC1CCC(CNC[C@H](O)COc2ccc(Cl)cc2)C(NC(=O)COc2ccc(Cl)cc2)C1. The van der Waals surface area contributed by atoms with Crippen LogP contribution in [-0.4, -0.2) is 49.5 Å². The van der Waals surface area contributed by atoms with Gasteiger partial charge in [-0.25, -0.2) is 0 Å². The lowest BCUT2D eigenvalue weighted by Crippen LogP contribution is -2.49. The molecule has 0 aliphatic heterocycles. The predicted octanol–water partition coefficient (Wildman–Crippen LogP) is 4.32. The predicted molar refractivity (Wildman–Crippen MR) is 131 cm³/mol. The first kappa shape index (κ1) is 25.6. The number of carbonyl (C=O) groups excluding carboxylic acids is 1. The van der Waals surface area contributed by atoms with Crippen molar-refractivity contribution in [1.82, 2.24) is 10.6 Å². The highest BCUT2D eigenvalue weighted by atomic mass is 35.5. The van der Waals surface area contributed by atoms with Crippen molar-refractivity contribution >= 4 is 29.1 Å². The average Bonchev–Trinajstić information content (AvgIpc) is 2.80. The van der Waals surface area contributed by atoms with Crippen LogP contribution >= 0.6 is 23.2 Å². The summed E-state index contributed by atoms with van der Waals surface area (Å²) in [6, 6.07) is 14.1. The van der Waals surface area contributed by atoms with Gasteiger partial charge in [-0.1, -0.05) is 36.5 Å². The molecule has 0 radical (unpaired) electrons. The Hall–Kier alpha value is -1.99. The number of halogens is 2. The van der Waals surface area contributed by atoms with E-state index in [-0.39, 0.29) is 25.2 Å². The second-order valence-electron chi connectivity index (χ2n) is 8.67. The zero-order chi connectivity index (χ0) is 23.6. The van der Waals surface area contributed by atoms with Gasteiger partial charge in [-0.3, -0.25) is 4.79 Å². The highest BCUT2D eigenvalue weighted by Crippen LogP contribution is 2.28. The van der Waals surface area contributed by atoms with E-state index in [0.29, 0.717) is 46.5 Å². The number of ether oxygens (including phenoxy) is 2. The van der Waals surface area contributed by atoms with Crippen LogP contribution in [0.1, 0.15) is 26.2 Å². The minimum atomic E-state index is -0.635. The number of amides is 1. The molecule has 1 fully saturated rings. The molecule has 0 saturated heterocycles. The van der Waals surface area contributed by atoms with Crippen LogP contribution in [0.15, 0.2) is 48.5 Å². The second-order valence-corrected chi connectivity index (χ2v) is 9.54. The van der Waals surface area contributed by atoms with Gasteiger partial charge >= 0.3 is 0 Å². The zero-order valence-electron chi connectivity index (χ0n) is 18.8. The standard InChI is InChI=1S/C25H32Cl2N2O4/c1-17-2-3-18(13-28-14-21(30)15-32-22-8-4-19(26)5-9-22)24(12-17)29-25(31)16-33-23-10-6-20(27)7-11-23/h4-11,17-18,21,24,28,30H,2-3,12-16H2,1H3,(H,29,31)/t17?,18?,21-,24?/m0/s1. The van der Waals surface area contributed by atoms with Gasteiger partial charge in [-0.05, 0) is 73.2 Å². The smallest absolute Gasteiger partial charge is 0.258 e. The van der Waals surface area contributed by atoms with E-state index in [0.717, 1.165) is 19.3 Å². The number of rotatable bonds is 11. The van der Waals surface area contributed by atoms with E-state index < -0.39 is 6.10 Å². The van der Waals surface area contributed by atoms with E-state index in [2.05, 4.69) is 17.6 Å². The Morgan fingerprint density at radius 2 is 1.64 bits per heavy atom. The van der Waals surface area contributed by atoms with E-state index in [1.165, 1.54) is 0 Å². The molecular formula is C25H32Cl2N2O4. The van der Waals surface area contributed by atoms with Crippen LogP contribution in [0.5, 0.6) is 11.5 Å². The third kappa shape index (κ3) is 9.05. The summed E-state index contributed by atoms with van der Waals surface area (Å²) in [6.45, 7) is 3.50. The average molecular weight is 495 g/mol. The number of aliphatic hydroxyl groups excluding tert-OH is 1. The van der Waals surface area contributed by atoms with Crippen LogP contribution in [0.3, 0.4) is 0 Å². The number of nitrogens with one attached hydrogen (secondary N) is 2. The fourth-order valence-corrected chi connectivity index (χ4v) is 4.26. The summed E-state index contributed by atoms with van der Waals surface area (Å²) < 4.78 is 11.2. The van der Waals surface area contributed by atoms with Gasteiger partial charge in [0.2, 0.25) is 0 Å². The lowest BCUT2D eigenvalue weighted by Gasteiger charge is -2.35. The number of carbonyl (C=O) groups is 1. The fraction of sp³-hybridized carbons (Fsp3) is 0.480. The molecule has 1 amide bonds. The lowest BCUT2D eigenvalue weighted by atomic mass is 9.79. The third-order valence-electron chi connectivity index (χ3n) is 5.83. The molecule has 4 atom stereocenters. The molecule has 6 nitrogen and oxygen atoms in total. The summed E-state index contributed by atoms with van der Waals surface area (Å²) in [4.78, 5) is 12.5. The van der Waals surface area contributed by atoms with Crippen LogP contribution in [0, 0.1) is 11.8 Å². The molecule has 0 aromatic heterocycles. The molecule has 33 heavy (non-hydrogen) atoms. The zero-order valence-corrected chi connectivity index (χ0v) is 20.3. The first-order chi connectivity index (χ1) is 15.9. The first-order valence-corrected chi connectivity index (χ1v) is 12.1. The molecule has 0 heterocycles. The molecular weight excluding hydrogens is 463 g/mol. The van der Waals surface area contributed by atoms with Gasteiger partial charge in [0, 0.05) is 29.2 Å². The van der Waals surface area contributed by atoms with Crippen LogP contribution in [0.2, 0.25) is 10.0 Å². The largest absolute Gasteiger partial charge is 0.491 e. The number of benzene rings is 2. The lowest BCUT2D eigenvalue weighted by molar-refractivity contribution is -0.124. The van der Waals surface area contributed by atoms with Crippen molar-refractivity contribution in [3.63, 3.8) is 0 Å². The highest BCUT2D eigenvalue weighted by Gasteiger charge is 2.29. The van der Waals surface area contributed by atoms with Gasteiger partial charge in [0.25, 0.3) is 5.91 Å². The Morgan fingerprint density at radius 1 is 1.03 bits per heavy atom.